The number of benzene rings is 3. The fourth-order valence-electron chi connectivity index (χ4n) is 5.47. The molecule has 204 valence electrons. The number of rotatable bonds is 8. The van der Waals surface area contributed by atoms with Crippen LogP contribution in [0.15, 0.2) is 91.3 Å². The van der Waals surface area contributed by atoms with Gasteiger partial charge in [0.2, 0.25) is 5.91 Å². The summed E-state index contributed by atoms with van der Waals surface area (Å²) in [6, 6.07) is 25.7. The Balaban J connectivity index is 1.06. The molecule has 0 bridgehead atoms. The van der Waals surface area contributed by atoms with Crippen LogP contribution in [0.25, 0.3) is 0 Å². The number of hydrogen-bond acceptors (Lipinski definition) is 5. The van der Waals surface area contributed by atoms with E-state index in [9.17, 15) is 9.59 Å². The van der Waals surface area contributed by atoms with Crippen molar-refractivity contribution < 1.29 is 14.3 Å². The second-order valence-electron chi connectivity index (χ2n) is 10.4. The molecule has 2 aliphatic heterocycles. The number of piperidine rings is 1. The van der Waals surface area contributed by atoms with Gasteiger partial charge in [-0.3, -0.25) is 14.3 Å². The Morgan fingerprint density at radius 3 is 2.48 bits per heavy atom. The van der Waals surface area contributed by atoms with Crippen LogP contribution in [0.2, 0.25) is 0 Å². The van der Waals surface area contributed by atoms with Crippen molar-refractivity contribution >= 4 is 23.2 Å². The second kappa shape index (κ2) is 11.8. The standard InChI is InChI=1S/C32H33N5O3/c38-31(22-37-16-6-15-33-37)36-20-25-11-12-27(19-26(25)21-36)34-32(39)29-9-4-5-10-30(29)35-17-13-28(14-18-35)40-23-24-7-2-1-3-8-24/h1-12,15-16,19,28H,13-14,17-18,20-23H2,(H,34,39). The monoisotopic (exact) mass is 535 g/mol. The van der Waals surface area contributed by atoms with Gasteiger partial charge in [0.25, 0.3) is 5.91 Å². The lowest BCUT2D eigenvalue weighted by atomic mass is 10.0. The van der Waals surface area contributed by atoms with Crippen molar-refractivity contribution in [1.82, 2.24) is 14.7 Å². The lowest BCUT2D eigenvalue weighted by Crippen LogP contribution is -2.38. The molecule has 0 aliphatic carbocycles. The number of amides is 2. The van der Waals surface area contributed by atoms with Gasteiger partial charge in [0, 0.05) is 49.9 Å². The first-order valence-electron chi connectivity index (χ1n) is 13.8. The molecule has 40 heavy (non-hydrogen) atoms. The molecule has 0 saturated carbocycles. The van der Waals surface area contributed by atoms with Crippen LogP contribution in [0.1, 0.15) is 39.9 Å². The summed E-state index contributed by atoms with van der Waals surface area (Å²) < 4.78 is 7.79. The zero-order valence-corrected chi connectivity index (χ0v) is 22.4. The topological polar surface area (TPSA) is 79.7 Å². The number of anilines is 2. The first kappa shape index (κ1) is 25.8. The maximum atomic E-state index is 13.4. The minimum Gasteiger partial charge on any atom is -0.373 e. The minimum atomic E-state index is -0.136. The van der Waals surface area contributed by atoms with Crippen LogP contribution >= 0.6 is 0 Å². The van der Waals surface area contributed by atoms with Gasteiger partial charge in [-0.1, -0.05) is 48.5 Å². The number of ether oxygens (including phenoxy) is 1. The largest absolute Gasteiger partial charge is 0.373 e. The van der Waals surface area contributed by atoms with Crippen LogP contribution in [0.5, 0.6) is 0 Å². The highest BCUT2D eigenvalue weighted by Crippen LogP contribution is 2.29. The summed E-state index contributed by atoms with van der Waals surface area (Å²) in [5.74, 6) is -0.115. The van der Waals surface area contributed by atoms with Crippen LogP contribution < -0.4 is 10.2 Å². The number of carbonyl (C=O) groups excluding carboxylic acids is 2. The second-order valence-corrected chi connectivity index (χ2v) is 10.4. The molecule has 8 nitrogen and oxygen atoms in total. The Labute approximate surface area is 234 Å². The Kier molecular flexibility index (Phi) is 7.59. The van der Waals surface area contributed by atoms with Crippen molar-refractivity contribution in [3.05, 3.63) is 114 Å². The number of aromatic nitrogens is 2. The number of hydrogen-bond donors (Lipinski definition) is 1. The van der Waals surface area contributed by atoms with E-state index in [-0.39, 0.29) is 24.5 Å². The molecule has 3 heterocycles. The van der Waals surface area contributed by atoms with Crippen molar-refractivity contribution in [2.24, 2.45) is 0 Å². The summed E-state index contributed by atoms with van der Waals surface area (Å²) in [7, 11) is 0. The molecule has 2 amide bonds. The third-order valence-electron chi connectivity index (χ3n) is 7.66. The zero-order chi connectivity index (χ0) is 27.3. The van der Waals surface area contributed by atoms with Crippen LogP contribution in [-0.2, 0) is 35.8 Å². The average Bonchev–Trinajstić information content (AvgIpc) is 3.67. The Morgan fingerprint density at radius 1 is 0.900 bits per heavy atom. The summed E-state index contributed by atoms with van der Waals surface area (Å²) in [5.41, 5.74) is 5.67. The number of nitrogens with zero attached hydrogens (tertiary/aromatic N) is 4. The van der Waals surface area contributed by atoms with Crippen molar-refractivity contribution in [1.29, 1.82) is 0 Å². The molecule has 1 saturated heterocycles. The average molecular weight is 536 g/mol. The van der Waals surface area contributed by atoms with E-state index in [1.807, 2.05) is 71.6 Å². The van der Waals surface area contributed by atoms with Crippen molar-refractivity contribution in [3.8, 4) is 0 Å². The van der Waals surface area contributed by atoms with Gasteiger partial charge in [0.05, 0.1) is 18.3 Å². The Bertz CT molecular complexity index is 1460. The summed E-state index contributed by atoms with van der Waals surface area (Å²) >= 11 is 0. The zero-order valence-electron chi connectivity index (χ0n) is 22.4. The number of carbonyl (C=O) groups is 2. The molecular formula is C32H33N5O3. The number of para-hydroxylation sites is 1. The smallest absolute Gasteiger partial charge is 0.257 e. The number of fused-ring (bicyclic) bond motifs is 1. The predicted molar refractivity (Wildman–Crippen MR) is 154 cm³/mol. The maximum Gasteiger partial charge on any atom is 0.257 e. The van der Waals surface area contributed by atoms with Crippen molar-refractivity contribution in [2.45, 2.75) is 45.2 Å². The molecule has 0 spiro atoms. The molecule has 8 heteroatoms. The number of nitrogens with one attached hydrogen (secondary N) is 1. The van der Waals surface area contributed by atoms with E-state index in [1.54, 1.807) is 17.1 Å². The summed E-state index contributed by atoms with van der Waals surface area (Å²) in [6.07, 6.45) is 5.51. The molecule has 4 aromatic rings. The van der Waals surface area contributed by atoms with Gasteiger partial charge < -0.3 is 19.9 Å². The SMILES string of the molecule is O=C(Nc1ccc2c(c1)CN(C(=O)Cn1cccn1)C2)c1ccccc1N1CCC(OCc2ccccc2)CC1. The van der Waals surface area contributed by atoms with Gasteiger partial charge in [-0.25, -0.2) is 0 Å². The van der Waals surface area contributed by atoms with Gasteiger partial charge in [-0.2, -0.15) is 5.10 Å². The van der Waals surface area contributed by atoms with E-state index in [2.05, 4.69) is 27.4 Å². The quantitative estimate of drug-likeness (QED) is 0.349. The van der Waals surface area contributed by atoms with Crippen molar-refractivity contribution in [3.63, 3.8) is 0 Å². The van der Waals surface area contributed by atoms with Crippen molar-refractivity contribution in [2.75, 3.05) is 23.3 Å². The molecule has 0 atom stereocenters. The van der Waals surface area contributed by atoms with Gasteiger partial charge in [-0.15, -0.1) is 0 Å². The molecule has 6 rings (SSSR count). The highest BCUT2D eigenvalue weighted by atomic mass is 16.5. The third-order valence-corrected chi connectivity index (χ3v) is 7.66. The summed E-state index contributed by atoms with van der Waals surface area (Å²) in [6.45, 7) is 3.61. The molecule has 1 fully saturated rings. The first-order chi connectivity index (χ1) is 19.6. The van der Waals surface area contributed by atoms with Gasteiger partial charge in [0.15, 0.2) is 0 Å². The molecular weight excluding hydrogens is 502 g/mol. The molecule has 3 aromatic carbocycles. The molecule has 0 unspecified atom stereocenters. The van der Waals surface area contributed by atoms with E-state index in [0.717, 1.165) is 48.4 Å². The highest BCUT2D eigenvalue weighted by molar-refractivity contribution is 6.08. The summed E-state index contributed by atoms with van der Waals surface area (Å²) in [5, 5.41) is 7.22. The Hall–Kier alpha value is -4.43. The lowest BCUT2D eigenvalue weighted by Gasteiger charge is -2.34. The molecule has 1 N–H and O–H groups in total. The third kappa shape index (κ3) is 5.92. The Morgan fingerprint density at radius 2 is 1.68 bits per heavy atom. The fourth-order valence-corrected chi connectivity index (χ4v) is 5.47. The minimum absolute atomic E-state index is 0.0219. The van der Waals surface area contributed by atoms with Crippen LogP contribution in [0.4, 0.5) is 11.4 Å². The molecule has 0 radical (unpaired) electrons. The highest BCUT2D eigenvalue weighted by Gasteiger charge is 2.25. The van der Waals surface area contributed by atoms with E-state index in [0.29, 0.717) is 25.3 Å². The molecule has 2 aliphatic rings. The molecule has 1 aromatic heterocycles. The lowest BCUT2D eigenvalue weighted by molar-refractivity contribution is -0.132. The van der Waals surface area contributed by atoms with E-state index < -0.39 is 0 Å². The van der Waals surface area contributed by atoms with Gasteiger partial charge >= 0.3 is 0 Å². The fraction of sp³-hybridized carbons (Fsp3) is 0.281. The van der Waals surface area contributed by atoms with E-state index in [1.165, 1.54) is 5.56 Å². The predicted octanol–water partition coefficient (Wildman–Crippen LogP) is 4.86. The van der Waals surface area contributed by atoms with E-state index >= 15 is 0 Å². The summed E-state index contributed by atoms with van der Waals surface area (Å²) in [4.78, 5) is 30.2. The van der Waals surface area contributed by atoms with Crippen LogP contribution in [0, 0.1) is 0 Å². The normalized spacial score (nSPS) is 15.2. The van der Waals surface area contributed by atoms with Crippen LogP contribution in [0.3, 0.4) is 0 Å². The van der Waals surface area contributed by atoms with Gasteiger partial charge in [-0.05, 0) is 59.9 Å². The maximum absolute atomic E-state index is 13.4. The first-order valence-corrected chi connectivity index (χ1v) is 13.8. The van der Waals surface area contributed by atoms with Gasteiger partial charge in [0.1, 0.15) is 6.54 Å². The van der Waals surface area contributed by atoms with Crippen LogP contribution in [-0.4, -0.2) is 45.7 Å². The van der Waals surface area contributed by atoms with E-state index in [4.69, 9.17) is 4.74 Å².